The zero-order chi connectivity index (χ0) is 34.4. The summed E-state index contributed by atoms with van der Waals surface area (Å²) >= 11 is 0. The first-order valence-electron chi connectivity index (χ1n) is 19.2. The summed E-state index contributed by atoms with van der Waals surface area (Å²) in [5.74, 6) is 3.45. The van der Waals surface area contributed by atoms with Crippen molar-refractivity contribution in [2.75, 3.05) is 4.90 Å². The molecule has 3 aliphatic carbocycles. The van der Waals surface area contributed by atoms with Crippen LogP contribution in [0.15, 0.2) is 164 Å². The van der Waals surface area contributed by atoms with Crippen molar-refractivity contribution >= 4 is 49.6 Å². The van der Waals surface area contributed by atoms with Gasteiger partial charge in [-0.1, -0.05) is 122 Å². The van der Waals surface area contributed by atoms with Gasteiger partial charge in [0, 0.05) is 38.6 Å². The van der Waals surface area contributed by atoms with Gasteiger partial charge in [-0.25, -0.2) is 0 Å². The van der Waals surface area contributed by atoms with E-state index in [4.69, 9.17) is 0 Å². The molecular formula is C50H42N2. The molecule has 252 valence electrons. The zero-order valence-corrected chi connectivity index (χ0v) is 29.6. The molecule has 3 saturated carbocycles. The maximum absolute atomic E-state index is 2.57. The van der Waals surface area contributed by atoms with Crippen molar-refractivity contribution in [3.63, 3.8) is 0 Å². The second-order valence-corrected chi connectivity index (χ2v) is 16.0. The molecule has 5 atom stereocenters. The van der Waals surface area contributed by atoms with Crippen LogP contribution in [0.5, 0.6) is 0 Å². The fourth-order valence-corrected chi connectivity index (χ4v) is 11.2. The lowest BCUT2D eigenvalue weighted by Crippen LogP contribution is -2.65. The number of rotatable bonds is 6. The molecule has 8 aromatic rings. The van der Waals surface area contributed by atoms with Crippen LogP contribution in [0, 0.1) is 23.7 Å². The topological polar surface area (TPSA) is 8.17 Å². The Balaban J connectivity index is 1.04. The first-order chi connectivity index (χ1) is 25.7. The molecule has 7 aromatic carbocycles. The number of aromatic nitrogens is 1. The molecule has 2 unspecified atom stereocenters. The molecule has 1 heterocycles. The van der Waals surface area contributed by atoms with E-state index in [1.165, 1.54) is 92.1 Å². The highest BCUT2D eigenvalue weighted by Crippen LogP contribution is 2.72. The van der Waals surface area contributed by atoms with Crippen LogP contribution in [0.2, 0.25) is 0 Å². The molecule has 0 bridgehead atoms. The summed E-state index contributed by atoms with van der Waals surface area (Å²) in [5.41, 5.74) is 11.7. The van der Waals surface area contributed by atoms with Crippen molar-refractivity contribution in [1.82, 2.24) is 4.57 Å². The molecule has 0 saturated heterocycles. The van der Waals surface area contributed by atoms with Crippen LogP contribution >= 0.6 is 0 Å². The minimum atomic E-state index is 0.290. The van der Waals surface area contributed by atoms with Crippen molar-refractivity contribution in [2.45, 2.75) is 38.0 Å². The number of fused-ring (bicyclic) bond motifs is 4. The lowest BCUT2D eigenvalue weighted by atomic mass is 9.34. The average Bonchev–Trinajstić information content (AvgIpc) is 3.51. The lowest BCUT2D eigenvalue weighted by Gasteiger charge is -2.70. The molecule has 0 N–H and O–H groups in total. The van der Waals surface area contributed by atoms with E-state index in [9.17, 15) is 0 Å². The predicted octanol–water partition coefficient (Wildman–Crippen LogP) is 13.4. The fourth-order valence-electron chi connectivity index (χ4n) is 11.2. The smallest absolute Gasteiger partial charge is 0.0541 e. The normalized spacial score (nSPS) is 23.2. The number of nitrogens with zero attached hydrogens (tertiary/aromatic N) is 2. The fraction of sp³-hybridized carbons (Fsp3) is 0.200. The minimum absolute atomic E-state index is 0.290. The Morgan fingerprint density at radius 1 is 0.538 bits per heavy atom. The Hall–Kier alpha value is -5.60. The van der Waals surface area contributed by atoms with Crippen LogP contribution in [0.25, 0.3) is 49.4 Å². The molecular weight excluding hydrogens is 629 g/mol. The van der Waals surface area contributed by atoms with E-state index in [-0.39, 0.29) is 5.41 Å². The molecule has 0 amide bonds. The van der Waals surface area contributed by atoms with Crippen LogP contribution in [-0.4, -0.2) is 4.57 Å². The van der Waals surface area contributed by atoms with Gasteiger partial charge in [-0.3, -0.25) is 0 Å². The maximum Gasteiger partial charge on any atom is 0.0541 e. The molecule has 3 aliphatic rings. The molecule has 11 rings (SSSR count). The maximum atomic E-state index is 2.57. The van der Waals surface area contributed by atoms with Crippen LogP contribution in [0.4, 0.5) is 17.1 Å². The highest BCUT2D eigenvalue weighted by atomic mass is 15.1. The van der Waals surface area contributed by atoms with Gasteiger partial charge in [0.05, 0.1) is 16.7 Å². The van der Waals surface area contributed by atoms with Gasteiger partial charge < -0.3 is 9.47 Å². The van der Waals surface area contributed by atoms with Gasteiger partial charge in [0.2, 0.25) is 0 Å². The number of hydrogen-bond donors (Lipinski definition) is 0. The Kier molecular flexibility index (Phi) is 6.62. The summed E-state index contributed by atoms with van der Waals surface area (Å²) in [7, 11) is 0. The Morgan fingerprint density at radius 2 is 1.19 bits per heavy atom. The van der Waals surface area contributed by atoms with Crippen molar-refractivity contribution in [3.8, 4) is 16.8 Å². The van der Waals surface area contributed by atoms with Crippen molar-refractivity contribution < 1.29 is 0 Å². The third kappa shape index (κ3) is 4.37. The first kappa shape index (κ1) is 30.1. The molecule has 2 heteroatoms. The summed E-state index contributed by atoms with van der Waals surface area (Å²) in [6, 6.07) is 60.9. The average molecular weight is 671 g/mol. The quantitative estimate of drug-likeness (QED) is 0.171. The van der Waals surface area contributed by atoms with Gasteiger partial charge in [0.25, 0.3) is 0 Å². The third-order valence-corrected chi connectivity index (χ3v) is 13.1. The highest BCUT2D eigenvalue weighted by Gasteiger charge is 2.66. The summed E-state index contributed by atoms with van der Waals surface area (Å²) in [5, 5.41) is 5.13. The van der Waals surface area contributed by atoms with Gasteiger partial charge >= 0.3 is 0 Å². The molecule has 3 fully saturated rings. The van der Waals surface area contributed by atoms with E-state index < -0.39 is 0 Å². The Morgan fingerprint density at radius 3 is 1.98 bits per heavy atom. The van der Waals surface area contributed by atoms with Gasteiger partial charge in [-0.05, 0) is 120 Å². The largest absolute Gasteiger partial charge is 0.310 e. The van der Waals surface area contributed by atoms with Gasteiger partial charge in [0.15, 0.2) is 0 Å². The number of anilines is 3. The van der Waals surface area contributed by atoms with E-state index in [1.807, 2.05) is 0 Å². The lowest BCUT2D eigenvalue weighted by molar-refractivity contribution is -0.159. The zero-order valence-electron chi connectivity index (χ0n) is 29.6. The molecule has 2 nitrogen and oxygen atoms in total. The number of para-hydroxylation sites is 3. The van der Waals surface area contributed by atoms with Crippen molar-refractivity contribution in [2.24, 2.45) is 23.7 Å². The van der Waals surface area contributed by atoms with Crippen LogP contribution in [0.3, 0.4) is 0 Å². The van der Waals surface area contributed by atoms with E-state index in [1.54, 1.807) is 5.56 Å². The summed E-state index contributed by atoms with van der Waals surface area (Å²) in [6.07, 6.45) is 5.52. The van der Waals surface area contributed by atoms with Crippen LogP contribution < -0.4 is 4.90 Å². The Labute approximate surface area is 306 Å². The minimum Gasteiger partial charge on any atom is -0.310 e. The number of benzene rings is 7. The summed E-state index contributed by atoms with van der Waals surface area (Å²) < 4.78 is 2.41. The molecule has 1 aromatic heterocycles. The van der Waals surface area contributed by atoms with Crippen molar-refractivity contribution in [3.05, 3.63) is 169 Å². The summed E-state index contributed by atoms with van der Waals surface area (Å²) in [6.45, 7) is 2.50. The molecule has 0 radical (unpaired) electrons. The molecule has 0 aliphatic heterocycles. The monoisotopic (exact) mass is 670 g/mol. The first-order valence-corrected chi connectivity index (χ1v) is 19.2. The second kappa shape index (κ2) is 11.5. The number of hydrogen-bond acceptors (Lipinski definition) is 1. The second-order valence-electron chi connectivity index (χ2n) is 16.0. The van der Waals surface area contributed by atoms with Gasteiger partial charge in [0.1, 0.15) is 0 Å². The van der Waals surface area contributed by atoms with E-state index in [2.05, 4.69) is 180 Å². The Bertz CT molecular complexity index is 2590. The highest BCUT2D eigenvalue weighted by molar-refractivity contribution is 6.09. The van der Waals surface area contributed by atoms with E-state index in [0.29, 0.717) is 0 Å². The standard InChI is InChI=1S/C50H42N2/c1-33-28-37-29-38-32-50(31-33,49(37)38)44-19-6-9-22-48(44)51(45-23-11-13-35-12-2-3-16-41(35)45)39-26-24-34(25-27-39)36-14-10-15-40(30-36)52-46-20-7-4-17-42(46)43-18-5-8-21-47(43)52/h2-27,30,33,37-38,49H,28-29,31-32H2,1H3/t33-,37-,38-,49?,50?/m0/s1. The molecule has 0 spiro atoms. The van der Waals surface area contributed by atoms with Crippen molar-refractivity contribution in [1.29, 1.82) is 0 Å². The van der Waals surface area contributed by atoms with Crippen LogP contribution in [0.1, 0.15) is 38.2 Å². The van der Waals surface area contributed by atoms with Crippen LogP contribution in [-0.2, 0) is 5.41 Å². The van der Waals surface area contributed by atoms with E-state index in [0.717, 1.165) is 23.7 Å². The SMILES string of the molecule is C[C@H]1C[C@H]2C[C@H]3CC(c4ccccc4N(c4ccc(-c5cccc(-n6c7ccccc7c7ccccc76)c5)cc4)c4cccc5ccccc45)(C1)C23. The van der Waals surface area contributed by atoms with E-state index >= 15 is 0 Å². The summed E-state index contributed by atoms with van der Waals surface area (Å²) in [4.78, 5) is 2.57. The predicted molar refractivity (Wildman–Crippen MR) is 218 cm³/mol. The third-order valence-electron chi connectivity index (χ3n) is 13.1. The van der Waals surface area contributed by atoms with Gasteiger partial charge in [-0.2, -0.15) is 0 Å². The van der Waals surface area contributed by atoms with Gasteiger partial charge in [-0.15, -0.1) is 0 Å². The molecule has 52 heavy (non-hydrogen) atoms.